The van der Waals surface area contributed by atoms with E-state index in [0.717, 1.165) is 155 Å². The zero-order valence-corrected chi connectivity index (χ0v) is 75.4. The Morgan fingerprint density at radius 3 is 0.734 bits per heavy atom. The van der Waals surface area contributed by atoms with Crippen LogP contribution in [0.4, 0.5) is 0 Å². The molecule has 16 nitrogen and oxygen atoms in total. The van der Waals surface area contributed by atoms with Gasteiger partial charge in [-0.25, -0.2) is 19.9 Å². The van der Waals surface area contributed by atoms with Gasteiger partial charge in [-0.1, -0.05) is 131 Å². The van der Waals surface area contributed by atoms with Crippen LogP contribution >= 0.6 is 0 Å². The van der Waals surface area contributed by atoms with E-state index in [2.05, 4.69) is 188 Å². The summed E-state index contributed by atoms with van der Waals surface area (Å²) < 4.78 is 34.0. The van der Waals surface area contributed by atoms with Crippen molar-refractivity contribution in [1.82, 2.24) is 58.1 Å². The third-order valence-corrected chi connectivity index (χ3v) is 21.1. The Kier molecular flexibility index (Phi) is 23.8. The number of fused-ring (bicyclic) bond motifs is 12. The molecule has 22 rings (SSSR count). The largest absolute Gasteiger partial charge is 2.00 e. The molecule has 0 saturated carbocycles. The summed E-state index contributed by atoms with van der Waals surface area (Å²) in [4.78, 5) is 37.9. The van der Waals surface area contributed by atoms with Gasteiger partial charge in [0.2, 0.25) is 0 Å². The predicted molar refractivity (Wildman–Crippen MR) is 470 cm³/mol. The number of hydrogen-bond donors (Lipinski definition) is 0. The average Bonchev–Trinajstić information content (AvgIpc) is 1.61. The van der Waals surface area contributed by atoms with Gasteiger partial charge in [-0.15, -0.1) is 165 Å². The minimum absolute atomic E-state index is 0. The van der Waals surface area contributed by atoms with Crippen molar-refractivity contribution in [3.8, 4) is 114 Å². The molecule has 0 atom stereocenters. The normalized spacial score (nSPS) is 11.1. The van der Waals surface area contributed by atoms with Gasteiger partial charge in [-0.2, -0.15) is 24.3 Å². The summed E-state index contributed by atoms with van der Waals surface area (Å²) in [6.45, 7) is 8.20. The first kappa shape index (κ1) is 82.8. The fourth-order valence-corrected chi connectivity index (χ4v) is 15.5. The van der Waals surface area contributed by atoms with E-state index in [1.807, 2.05) is 208 Å². The molecule has 0 spiro atoms. The van der Waals surface area contributed by atoms with E-state index in [-0.39, 0.29) is 84.3 Å². The molecular formula is C104H64N12O4Pt4. The van der Waals surface area contributed by atoms with Crippen LogP contribution in [0.5, 0.6) is 46.0 Å². The van der Waals surface area contributed by atoms with Crippen LogP contribution in [0.3, 0.4) is 0 Å². The minimum atomic E-state index is 0. The summed E-state index contributed by atoms with van der Waals surface area (Å²) in [5.74, 6) is 7.70. The Morgan fingerprint density at radius 2 is 0.476 bits per heavy atom. The van der Waals surface area contributed by atoms with Crippen molar-refractivity contribution in [2.75, 3.05) is 0 Å². The molecule has 0 radical (unpaired) electrons. The molecule has 12 aromatic carbocycles. The van der Waals surface area contributed by atoms with Crippen LogP contribution in [0.1, 0.15) is 22.3 Å². The van der Waals surface area contributed by atoms with E-state index in [4.69, 9.17) is 48.9 Å². The summed E-state index contributed by atoms with van der Waals surface area (Å²) >= 11 is 0. The molecule has 22 aromatic rings. The summed E-state index contributed by atoms with van der Waals surface area (Å²) in [6, 6.07) is 116. The summed E-state index contributed by atoms with van der Waals surface area (Å²) in [7, 11) is 0. The zero-order chi connectivity index (χ0) is 80.3. The molecule has 0 bridgehead atoms. The molecule has 10 heterocycles. The second-order valence-electron chi connectivity index (χ2n) is 29.2. The molecule has 0 saturated heterocycles. The van der Waals surface area contributed by atoms with Gasteiger partial charge in [-0.05, 0) is 132 Å². The minimum Gasteiger partial charge on any atom is -0.503 e. The summed E-state index contributed by atoms with van der Waals surface area (Å²) in [6.07, 6.45) is 14.4. The number of aryl methyl sites for hydroxylation is 4. The molecule has 0 aliphatic rings. The second kappa shape index (κ2) is 35.6. The number of para-hydroxylation sites is 4. The monoisotopic (exact) mass is 2320 g/mol. The smallest absolute Gasteiger partial charge is 0.503 e. The van der Waals surface area contributed by atoms with E-state index in [1.54, 1.807) is 24.8 Å². The first-order valence-corrected chi connectivity index (χ1v) is 39.1. The Balaban J connectivity index is 0.000000170. The van der Waals surface area contributed by atoms with Crippen molar-refractivity contribution >= 4 is 87.2 Å². The van der Waals surface area contributed by atoms with Gasteiger partial charge in [0.15, 0.2) is 0 Å². The maximum Gasteiger partial charge on any atom is 2.00 e. The van der Waals surface area contributed by atoms with Crippen LogP contribution in [-0.4, -0.2) is 58.1 Å². The van der Waals surface area contributed by atoms with Gasteiger partial charge < -0.3 is 57.2 Å². The third-order valence-electron chi connectivity index (χ3n) is 21.1. The van der Waals surface area contributed by atoms with Crippen molar-refractivity contribution in [2.24, 2.45) is 0 Å². The Labute approximate surface area is 771 Å². The van der Waals surface area contributed by atoms with Crippen molar-refractivity contribution in [3.63, 3.8) is 0 Å². The first-order chi connectivity index (χ1) is 59.0. The number of aromatic nitrogens is 12. The fraction of sp³-hybridized carbons (Fsp3) is 0.0385. The van der Waals surface area contributed by atoms with Gasteiger partial charge >= 0.3 is 84.3 Å². The molecule has 20 heteroatoms. The summed E-state index contributed by atoms with van der Waals surface area (Å²) in [5, 5.41) is 8.77. The molecule has 0 unspecified atom stereocenters. The Bertz CT molecular complexity index is 7290. The summed E-state index contributed by atoms with van der Waals surface area (Å²) in [5.41, 5.74) is 17.8. The standard InChI is InChI=1S/2C52H32N6O2.4Pt/c1-33-17-23-51(55-29-33)57-47-15-5-3-13-41(47)43-21-19-39(27-49(43)57)59-37-11-7-9-35(25-37)45-31-54-46(32-53-45)36-10-8-12-38(26-36)60-40-20-22-44-42-14-4-6-16-48(42)58(50(44)28-40)52-24-18-34(2)30-56-52;1-33-21-23-53-51(25-33)57-47-15-5-3-13-41(47)43-19-17-39(29-49(43)57)59-37-11-7-9-35(27-37)45-31-56-46(32-55-45)36-10-8-12-38(28-36)60-40-18-20-44-42-14-4-6-16-48(42)58(50(44)30-40)52-26-34(2)22-24-54-52;;;;/h3-24,29-32H,1-2H3;3-26,31-32H,1-2H3;;;;/q2*-4;4*+2. The van der Waals surface area contributed by atoms with Gasteiger partial charge in [0.1, 0.15) is 23.3 Å². The molecule has 0 N–H and O–H groups in total. The van der Waals surface area contributed by atoms with Gasteiger partial charge in [0, 0.05) is 140 Å². The first-order valence-electron chi connectivity index (χ1n) is 39.1. The number of rotatable bonds is 16. The third kappa shape index (κ3) is 16.2. The molecule has 604 valence electrons. The number of hydrogen-bond acceptors (Lipinski definition) is 12. The molecule has 0 amide bonds. The van der Waals surface area contributed by atoms with Crippen LogP contribution in [0.25, 0.3) is 156 Å². The van der Waals surface area contributed by atoms with Gasteiger partial charge in [-0.3, -0.25) is 0 Å². The average molecular weight is 2330 g/mol. The van der Waals surface area contributed by atoms with Gasteiger partial charge in [0.05, 0.1) is 0 Å². The van der Waals surface area contributed by atoms with Crippen LogP contribution in [0.15, 0.2) is 316 Å². The van der Waals surface area contributed by atoms with Crippen molar-refractivity contribution in [2.45, 2.75) is 27.7 Å². The van der Waals surface area contributed by atoms with Crippen molar-refractivity contribution in [1.29, 1.82) is 0 Å². The number of nitrogens with zero attached hydrogens (tertiary/aromatic N) is 12. The topological polar surface area (TPSA) is 160 Å². The molecule has 124 heavy (non-hydrogen) atoms. The molecule has 0 fully saturated rings. The van der Waals surface area contributed by atoms with E-state index in [9.17, 15) is 0 Å². The molecular weight excluding hydrogens is 2260 g/mol. The van der Waals surface area contributed by atoms with Gasteiger partial charge in [0.25, 0.3) is 0 Å². The van der Waals surface area contributed by atoms with E-state index in [1.165, 1.54) is 0 Å². The van der Waals surface area contributed by atoms with Crippen LogP contribution in [0.2, 0.25) is 0 Å². The second-order valence-corrected chi connectivity index (χ2v) is 29.2. The van der Waals surface area contributed by atoms with Crippen LogP contribution in [0, 0.1) is 76.2 Å². The Hall–Kier alpha value is -13.4. The number of pyridine rings is 4. The van der Waals surface area contributed by atoms with Crippen LogP contribution in [-0.2, 0) is 84.3 Å². The number of ether oxygens (including phenoxy) is 4. The molecule has 0 aliphatic heterocycles. The van der Waals surface area contributed by atoms with E-state index >= 15 is 0 Å². The maximum atomic E-state index is 6.37. The number of benzene rings is 12. The van der Waals surface area contributed by atoms with Crippen molar-refractivity contribution < 1.29 is 103 Å². The predicted octanol–water partition coefficient (Wildman–Crippen LogP) is 24.4. The maximum absolute atomic E-state index is 6.37. The fourth-order valence-electron chi connectivity index (χ4n) is 15.5. The van der Waals surface area contributed by atoms with E-state index in [0.29, 0.717) is 68.8 Å². The van der Waals surface area contributed by atoms with E-state index < -0.39 is 0 Å². The Morgan fingerprint density at radius 1 is 0.210 bits per heavy atom. The van der Waals surface area contributed by atoms with Crippen LogP contribution < -0.4 is 18.9 Å². The molecule has 0 aliphatic carbocycles. The molecule has 10 aromatic heterocycles. The SMILES string of the molecule is Cc1ccc(-n2c3[c-]c(Oc4[c-]c(-c5cnc(-c6[c-]c(Oc7[c-]c8c(cc7)c7ccccc7n8-c7ccc(C)cn7)ccc6)cn5)ccc4)ccc3c3ccccc32)nc1.Cc1ccnc(-n2c3[c-]c(Oc4[c-]c(-c5cnc(-c6[c-]c(Oc7[c-]c8c(cc7)c7ccccc7n8-c7cc(C)ccn7)ccc6)cn5)ccc4)ccc3c3ccccc32)c1.[Pt+2].[Pt+2].[Pt+2].[Pt+2]. The van der Waals surface area contributed by atoms with Crippen molar-refractivity contribution in [3.05, 3.63) is 387 Å². The quantitative estimate of drug-likeness (QED) is 0.0844. The zero-order valence-electron chi connectivity index (χ0n) is 66.3.